The summed E-state index contributed by atoms with van der Waals surface area (Å²) in [5.74, 6) is 1.28. The number of nitrogen functional groups attached to an aromatic ring is 1. The number of nitrogens with zero attached hydrogens (tertiary/aromatic N) is 1. The Bertz CT molecular complexity index is 433. The molecule has 1 saturated heterocycles. The van der Waals surface area contributed by atoms with E-state index in [1.54, 1.807) is 6.07 Å². The maximum absolute atomic E-state index is 10.4. The standard InChI is InChI=1S/C12H17ClN2OS2/c1-6-7(2)18-10(5-17-6)11(16)9-3-8(13)4-15-12(9)14/h3-4,6-7,10-11,16H,5H2,1-2H3,(H2,14,15). The summed E-state index contributed by atoms with van der Waals surface area (Å²) in [6.45, 7) is 4.42. The number of thioether (sulfide) groups is 2. The predicted octanol–water partition coefficient (Wildman–Crippen LogP) is 2.98. The highest BCUT2D eigenvalue weighted by Crippen LogP contribution is 2.41. The minimum atomic E-state index is -0.608. The van der Waals surface area contributed by atoms with Crippen molar-refractivity contribution in [3.05, 3.63) is 22.8 Å². The van der Waals surface area contributed by atoms with Crippen LogP contribution in [0.15, 0.2) is 12.3 Å². The van der Waals surface area contributed by atoms with Crippen molar-refractivity contribution in [2.75, 3.05) is 11.5 Å². The van der Waals surface area contributed by atoms with E-state index in [4.69, 9.17) is 17.3 Å². The van der Waals surface area contributed by atoms with Crippen LogP contribution in [0.5, 0.6) is 0 Å². The van der Waals surface area contributed by atoms with Crippen LogP contribution >= 0.6 is 35.1 Å². The molecule has 1 aromatic heterocycles. The number of hydrogen-bond acceptors (Lipinski definition) is 5. The summed E-state index contributed by atoms with van der Waals surface area (Å²) >= 11 is 9.62. The first-order chi connectivity index (χ1) is 8.49. The van der Waals surface area contributed by atoms with Crippen molar-refractivity contribution in [1.82, 2.24) is 4.98 Å². The van der Waals surface area contributed by atoms with Crippen LogP contribution in [0.25, 0.3) is 0 Å². The lowest BCUT2D eigenvalue weighted by atomic mass is 10.1. The summed E-state index contributed by atoms with van der Waals surface area (Å²) in [6.07, 6.45) is 0.893. The molecule has 1 aromatic rings. The van der Waals surface area contributed by atoms with Gasteiger partial charge in [0.15, 0.2) is 0 Å². The molecule has 6 heteroatoms. The van der Waals surface area contributed by atoms with Crippen molar-refractivity contribution in [2.24, 2.45) is 0 Å². The van der Waals surface area contributed by atoms with Crippen LogP contribution in [0.4, 0.5) is 5.82 Å². The molecular weight excluding hydrogens is 288 g/mol. The monoisotopic (exact) mass is 304 g/mol. The summed E-state index contributed by atoms with van der Waals surface area (Å²) < 4.78 is 0. The van der Waals surface area contributed by atoms with E-state index in [0.717, 1.165) is 5.75 Å². The first kappa shape index (κ1) is 14.3. The SMILES string of the molecule is CC1SCC(C(O)c2cc(Cl)cnc2N)SC1C. The molecule has 1 fully saturated rings. The fourth-order valence-corrected chi connectivity index (χ4v) is 5.04. The Labute approximate surface area is 121 Å². The van der Waals surface area contributed by atoms with Gasteiger partial charge in [-0.25, -0.2) is 4.98 Å². The lowest BCUT2D eigenvalue weighted by Gasteiger charge is -2.34. The molecule has 0 spiro atoms. The average Bonchev–Trinajstić information content (AvgIpc) is 2.35. The molecule has 2 heterocycles. The Morgan fingerprint density at radius 1 is 1.50 bits per heavy atom. The predicted molar refractivity (Wildman–Crippen MR) is 81.4 cm³/mol. The molecule has 4 atom stereocenters. The van der Waals surface area contributed by atoms with E-state index in [2.05, 4.69) is 18.8 Å². The first-order valence-corrected chi connectivity index (χ1v) is 8.22. The van der Waals surface area contributed by atoms with Gasteiger partial charge in [0.25, 0.3) is 0 Å². The Morgan fingerprint density at radius 3 is 2.89 bits per heavy atom. The Morgan fingerprint density at radius 2 is 2.22 bits per heavy atom. The van der Waals surface area contributed by atoms with Crippen LogP contribution in [-0.2, 0) is 0 Å². The van der Waals surface area contributed by atoms with E-state index in [1.807, 2.05) is 23.5 Å². The highest BCUT2D eigenvalue weighted by atomic mass is 35.5. The van der Waals surface area contributed by atoms with E-state index in [0.29, 0.717) is 26.9 Å². The molecule has 2 rings (SSSR count). The Balaban J connectivity index is 2.16. The van der Waals surface area contributed by atoms with Crippen LogP contribution in [0, 0.1) is 0 Å². The quantitative estimate of drug-likeness (QED) is 0.879. The number of pyridine rings is 1. The van der Waals surface area contributed by atoms with Gasteiger partial charge in [0.2, 0.25) is 0 Å². The molecule has 1 aliphatic heterocycles. The fraction of sp³-hybridized carbons (Fsp3) is 0.583. The van der Waals surface area contributed by atoms with Crippen molar-refractivity contribution in [2.45, 2.75) is 35.7 Å². The van der Waals surface area contributed by atoms with Crippen molar-refractivity contribution >= 4 is 40.9 Å². The molecule has 3 nitrogen and oxygen atoms in total. The third kappa shape index (κ3) is 3.07. The topological polar surface area (TPSA) is 59.1 Å². The third-order valence-corrected chi connectivity index (χ3v) is 6.85. The van der Waals surface area contributed by atoms with E-state index >= 15 is 0 Å². The van der Waals surface area contributed by atoms with Crippen molar-refractivity contribution in [3.63, 3.8) is 0 Å². The molecule has 0 aromatic carbocycles. The van der Waals surface area contributed by atoms with Gasteiger partial charge in [-0.15, -0.1) is 0 Å². The molecule has 0 saturated carbocycles. The van der Waals surface area contributed by atoms with Gasteiger partial charge in [-0.2, -0.15) is 23.5 Å². The van der Waals surface area contributed by atoms with Crippen molar-refractivity contribution in [3.8, 4) is 0 Å². The van der Waals surface area contributed by atoms with E-state index in [-0.39, 0.29) is 5.25 Å². The van der Waals surface area contributed by atoms with Gasteiger partial charge in [0.05, 0.1) is 11.1 Å². The molecule has 0 radical (unpaired) electrons. The lowest BCUT2D eigenvalue weighted by Crippen LogP contribution is -2.30. The average molecular weight is 305 g/mol. The zero-order valence-electron chi connectivity index (χ0n) is 10.3. The number of rotatable bonds is 2. The van der Waals surface area contributed by atoms with Crippen LogP contribution < -0.4 is 5.73 Å². The number of nitrogens with two attached hydrogens (primary N) is 1. The molecule has 1 aliphatic rings. The highest BCUT2D eigenvalue weighted by molar-refractivity contribution is 8.07. The maximum Gasteiger partial charge on any atom is 0.129 e. The van der Waals surface area contributed by atoms with Crippen LogP contribution in [-0.4, -0.2) is 31.6 Å². The highest BCUT2D eigenvalue weighted by Gasteiger charge is 2.32. The zero-order chi connectivity index (χ0) is 13.3. The van der Waals surface area contributed by atoms with Crippen molar-refractivity contribution < 1.29 is 5.11 Å². The summed E-state index contributed by atoms with van der Waals surface area (Å²) in [7, 11) is 0. The van der Waals surface area contributed by atoms with Gasteiger partial charge in [-0.3, -0.25) is 0 Å². The third-order valence-electron chi connectivity index (χ3n) is 3.16. The molecule has 3 N–H and O–H groups in total. The molecule has 0 amide bonds. The van der Waals surface area contributed by atoms with Crippen LogP contribution in [0.2, 0.25) is 5.02 Å². The number of aromatic nitrogens is 1. The largest absolute Gasteiger partial charge is 0.387 e. The molecule has 18 heavy (non-hydrogen) atoms. The minimum absolute atomic E-state index is 0.142. The summed E-state index contributed by atoms with van der Waals surface area (Å²) in [5.41, 5.74) is 6.45. The second-order valence-corrected chi connectivity index (χ2v) is 7.96. The molecule has 0 bridgehead atoms. The van der Waals surface area contributed by atoms with Gasteiger partial charge >= 0.3 is 0 Å². The maximum atomic E-state index is 10.4. The summed E-state index contributed by atoms with van der Waals surface area (Å²) in [4.78, 5) is 4.00. The second-order valence-electron chi connectivity index (χ2n) is 4.49. The van der Waals surface area contributed by atoms with Gasteiger partial charge in [0, 0.05) is 33.3 Å². The lowest BCUT2D eigenvalue weighted by molar-refractivity contribution is 0.180. The summed E-state index contributed by atoms with van der Waals surface area (Å²) in [5, 5.41) is 12.2. The molecular formula is C12H17ClN2OS2. The molecule has 100 valence electrons. The second kappa shape index (κ2) is 5.90. The van der Waals surface area contributed by atoms with E-state index in [9.17, 15) is 5.11 Å². The number of halogens is 1. The Hall–Kier alpha value is -0.100. The van der Waals surface area contributed by atoms with Crippen molar-refractivity contribution in [1.29, 1.82) is 0 Å². The Kier molecular flexibility index (Phi) is 4.69. The summed E-state index contributed by atoms with van der Waals surface area (Å²) in [6, 6.07) is 1.71. The van der Waals surface area contributed by atoms with Gasteiger partial charge in [0.1, 0.15) is 5.82 Å². The van der Waals surface area contributed by atoms with Crippen LogP contribution in [0.3, 0.4) is 0 Å². The molecule has 4 unspecified atom stereocenters. The number of aliphatic hydroxyl groups excluding tert-OH is 1. The van der Waals surface area contributed by atoms with Crippen LogP contribution in [0.1, 0.15) is 25.5 Å². The smallest absolute Gasteiger partial charge is 0.129 e. The van der Waals surface area contributed by atoms with Gasteiger partial charge in [-0.05, 0) is 6.07 Å². The number of hydrogen-bond donors (Lipinski definition) is 2. The fourth-order valence-electron chi connectivity index (χ4n) is 1.88. The van der Waals surface area contributed by atoms with Gasteiger partial charge in [-0.1, -0.05) is 25.4 Å². The number of anilines is 1. The van der Waals surface area contributed by atoms with E-state index in [1.165, 1.54) is 6.20 Å². The normalized spacial score (nSPS) is 30.1. The first-order valence-electron chi connectivity index (χ1n) is 5.85. The zero-order valence-corrected chi connectivity index (χ0v) is 12.7. The molecule has 0 aliphatic carbocycles. The van der Waals surface area contributed by atoms with Gasteiger partial charge < -0.3 is 10.8 Å². The minimum Gasteiger partial charge on any atom is -0.387 e. The van der Waals surface area contributed by atoms with E-state index < -0.39 is 6.10 Å². The number of aliphatic hydroxyl groups is 1.